The zero-order chi connectivity index (χ0) is 11.6. The van der Waals surface area contributed by atoms with Crippen LogP contribution in [-0.2, 0) is 32.8 Å². The molecule has 92 valence electrons. The molecule has 0 atom stereocenters. The Morgan fingerprint density at radius 2 is 1.40 bits per heavy atom. The van der Waals surface area contributed by atoms with E-state index in [1.165, 1.54) is 21.3 Å². The molecule has 0 unspecified atom stereocenters. The minimum Gasteiger partial charge on any atom is -0.347 e. The Labute approximate surface area is 88.2 Å². The van der Waals surface area contributed by atoms with E-state index in [-0.39, 0.29) is 13.0 Å². The molecule has 15 heavy (non-hydrogen) atoms. The molecule has 0 aliphatic heterocycles. The molecular formula is C6H15FO7Si. The standard InChI is InChI=1S/C6H15FO7Si/c1-8-12-15(13-9-2,14-10-3)11-6-4-5-7/h4-6H2,1-3H3. The van der Waals surface area contributed by atoms with Crippen LogP contribution in [0.15, 0.2) is 0 Å². The predicted molar refractivity (Wildman–Crippen MR) is 46.6 cm³/mol. The average molecular weight is 246 g/mol. The van der Waals surface area contributed by atoms with Gasteiger partial charge in [0.1, 0.15) is 0 Å². The van der Waals surface area contributed by atoms with E-state index in [4.69, 9.17) is 4.43 Å². The lowest BCUT2D eigenvalue weighted by Crippen LogP contribution is -2.48. The molecule has 0 heterocycles. The van der Waals surface area contributed by atoms with Crippen LogP contribution in [0, 0.1) is 0 Å². The number of rotatable bonds is 10. The first-order valence-corrected chi connectivity index (χ1v) is 5.73. The highest BCUT2D eigenvalue weighted by atomic mass is 28.4. The van der Waals surface area contributed by atoms with Crippen LogP contribution in [0.1, 0.15) is 6.42 Å². The molecule has 0 saturated heterocycles. The summed E-state index contributed by atoms with van der Waals surface area (Å²) in [7, 11) is 0.0372. The summed E-state index contributed by atoms with van der Waals surface area (Å²) in [6, 6.07) is 0. The molecule has 9 heteroatoms. The highest BCUT2D eigenvalue weighted by Gasteiger charge is 2.51. The van der Waals surface area contributed by atoms with Gasteiger partial charge in [0.2, 0.25) is 0 Å². The van der Waals surface area contributed by atoms with Crippen LogP contribution >= 0.6 is 0 Å². The van der Waals surface area contributed by atoms with Crippen molar-refractivity contribution in [3.8, 4) is 0 Å². The lowest BCUT2D eigenvalue weighted by molar-refractivity contribution is -0.370. The predicted octanol–water partition coefficient (Wildman–Crippen LogP) is 0.532. The first-order valence-electron chi connectivity index (χ1n) is 4.10. The summed E-state index contributed by atoms with van der Waals surface area (Å²) < 4.78 is 30.9. The zero-order valence-corrected chi connectivity index (χ0v) is 9.86. The number of hydrogen-bond donors (Lipinski definition) is 0. The lowest BCUT2D eigenvalue weighted by atomic mass is 10.5. The van der Waals surface area contributed by atoms with Gasteiger partial charge in [0.05, 0.1) is 28.0 Å². The van der Waals surface area contributed by atoms with Crippen LogP contribution in [-0.4, -0.2) is 43.7 Å². The molecule has 0 aliphatic rings. The summed E-state index contributed by atoms with van der Waals surface area (Å²) >= 11 is 0. The maximum atomic E-state index is 11.8. The fourth-order valence-corrected chi connectivity index (χ4v) is 1.91. The Morgan fingerprint density at radius 1 is 0.933 bits per heavy atom. The van der Waals surface area contributed by atoms with E-state index in [9.17, 15) is 4.39 Å². The molecule has 0 saturated carbocycles. The molecule has 0 fully saturated rings. The van der Waals surface area contributed by atoms with Crippen LogP contribution in [0.2, 0.25) is 0 Å². The van der Waals surface area contributed by atoms with Gasteiger partial charge in [-0.1, -0.05) is 0 Å². The van der Waals surface area contributed by atoms with Gasteiger partial charge in [-0.25, -0.2) is 14.7 Å². The summed E-state index contributed by atoms with van der Waals surface area (Å²) in [6.45, 7) is -0.504. The van der Waals surface area contributed by atoms with Crippen molar-refractivity contribution in [2.24, 2.45) is 0 Å². The minimum atomic E-state index is -3.67. The van der Waals surface area contributed by atoms with E-state index in [0.29, 0.717) is 0 Å². The van der Waals surface area contributed by atoms with Crippen LogP contribution < -0.4 is 0 Å². The van der Waals surface area contributed by atoms with E-state index < -0.39 is 15.7 Å². The molecule has 0 amide bonds. The minimum absolute atomic E-state index is 0.0266. The molecule has 0 N–H and O–H groups in total. The van der Waals surface area contributed by atoms with Crippen LogP contribution in [0.5, 0.6) is 0 Å². The molecule has 0 aromatic rings. The van der Waals surface area contributed by atoms with Gasteiger partial charge < -0.3 is 4.43 Å². The van der Waals surface area contributed by atoms with Gasteiger partial charge in [-0.2, -0.15) is 13.7 Å². The quantitative estimate of drug-likeness (QED) is 0.241. The molecule has 0 rings (SSSR count). The Balaban J connectivity index is 4.18. The van der Waals surface area contributed by atoms with Gasteiger partial charge in [-0.15, -0.1) is 0 Å². The van der Waals surface area contributed by atoms with Gasteiger partial charge >= 0.3 is 9.05 Å². The highest BCUT2D eigenvalue weighted by Crippen LogP contribution is 2.12. The number of halogens is 1. The Hall–Kier alpha value is -0.133. The van der Waals surface area contributed by atoms with E-state index >= 15 is 0 Å². The van der Waals surface area contributed by atoms with Gasteiger partial charge in [-0.05, 0) is 6.42 Å². The molecule has 0 aromatic carbocycles. The van der Waals surface area contributed by atoms with Crippen molar-refractivity contribution in [2.75, 3.05) is 34.6 Å². The van der Waals surface area contributed by atoms with Crippen molar-refractivity contribution in [2.45, 2.75) is 6.42 Å². The molecule has 0 aliphatic carbocycles. The molecular weight excluding hydrogens is 231 g/mol. The fourth-order valence-electron chi connectivity index (χ4n) is 0.672. The second-order valence-corrected chi connectivity index (χ2v) is 3.93. The fraction of sp³-hybridized carbons (Fsp3) is 1.00. The topological polar surface area (TPSA) is 64.6 Å². The molecule has 0 radical (unpaired) electrons. The average Bonchev–Trinajstić information content (AvgIpc) is 2.19. The summed E-state index contributed by atoms with van der Waals surface area (Å²) in [4.78, 5) is 13.1. The third-order valence-electron chi connectivity index (χ3n) is 1.11. The Bertz CT molecular complexity index is 132. The van der Waals surface area contributed by atoms with E-state index in [1.54, 1.807) is 0 Å². The first kappa shape index (κ1) is 14.9. The van der Waals surface area contributed by atoms with Crippen LogP contribution in [0.25, 0.3) is 0 Å². The largest absolute Gasteiger partial charge is 0.764 e. The summed E-state index contributed by atoms with van der Waals surface area (Å²) in [6.07, 6.45) is 0.169. The molecule has 0 spiro atoms. The highest BCUT2D eigenvalue weighted by molar-refractivity contribution is 6.52. The Morgan fingerprint density at radius 3 is 1.73 bits per heavy atom. The second-order valence-electron chi connectivity index (χ2n) is 2.14. The molecule has 7 nitrogen and oxygen atoms in total. The zero-order valence-electron chi connectivity index (χ0n) is 8.86. The normalized spacial score (nSPS) is 12.0. The van der Waals surface area contributed by atoms with Crippen molar-refractivity contribution in [1.82, 2.24) is 0 Å². The van der Waals surface area contributed by atoms with Crippen LogP contribution in [0.4, 0.5) is 4.39 Å². The number of alkyl halides is 1. The van der Waals surface area contributed by atoms with E-state index in [0.717, 1.165) is 0 Å². The van der Waals surface area contributed by atoms with Crippen molar-refractivity contribution in [3.05, 3.63) is 0 Å². The van der Waals surface area contributed by atoms with E-state index in [1.807, 2.05) is 0 Å². The van der Waals surface area contributed by atoms with Crippen LogP contribution in [0.3, 0.4) is 0 Å². The van der Waals surface area contributed by atoms with Crippen molar-refractivity contribution in [3.63, 3.8) is 0 Å². The maximum Gasteiger partial charge on any atom is 0.764 e. The summed E-state index contributed by atoms with van der Waals surface area (Å²) in [5, 5.41) is 0. The Kier molecular flexibility index (Phi) is 9.04. The third kappa shape index (κ3) is 6.12. The smallest absolute Gasteiger partial charge is 0.347 e. The summed E-state index contributed by atoms with van der Waals surface area (Å²) in [5.41, 5.74) is 0. The SMILES string of the molecule is COO[Si](OCCCF)(OOC)OOC. The third-order valence-corrected chi connectivity index (χ3v) is 2.78. The van der Waals surface area contributed by atoms with Crippen molar-refractivity contribution in [1.29, 1.82) is 0 Å². The second kappa shape index (κ2) is 9.12. The van der Waals surface area contributed by atoms with Crippen molar-refractivity contribution < 1.29 is 37.2 Å². The monoisotopic (exact) mass is 246 g/mol. The lowest BCUT2D eigenvalue weighted by Gasteiger charge is -2.21. The van der Waals surface area contributed by atoms with E-state index in [2.05, 4.69) is 28.4 Å². The van der Waals surface area contributed by atoms with Gasteiger partial charge in [0.25, 0.3) is 0 Å². The number of hydrogen-bond acceptors (Lipinski definition) is 7. The maximum absolute atomic E-state index is 11.8. The van der Waals surface area contributed by atoms with Gasteiger partial charge in [-0.3, -0.25) is 4.39 Å². The van der Waals surface area contributed by atoms with Gasteiger partial charge in [0, 0.05) is 6.61 Å². The van der Waals surface area contributed by atoms with Gasteiger partial charge in [0.15, 0.2) is 0 Å². The summed E-state index contributed by atoms with van der Waals surface area (Å²) in [5.74, 6) is 0. The first-order chi connectivity index (χ1) is 7.24. The van der Waals surface area contributed by atoms with Crippen molar-refractivity contribution >= 4 is 9.05 Å². The molecule has 0 bridgehead atoms. The molecule has 0 aromatic heterocycles.